The lowest BCUT2D eigenvalue weighted by molar-refractivity contribution is 0.158. The molecule has 4 N–H and O–H groups in total. The van der Waals surface area contributed by atoms with Crippen molar-refractivity contribution < 1.29 is 0 Å². The first-order chi connectivity index (χ1) is 8.66. The summed E-state index contributed by atoms with van der Waals surface area (Å²) in [5, 5.41) is 3.10. The van der Waals surface area contributed by atoms with Crippen LogP contribution in [0.25, 0.3) is 0 Å². The third kappa shape index (κ3) is 3.21. The Morgan fingerprint density at radius 2 is 2.17 bits per heavy atom. The van der Waals surface area contributed by atoms with Gasteiger partial charge in [-0.05, 0) is 7.05 Å². The molecule has 2 heterocycles. The number of hydrogen-bond donors (Lipinski definition) is 3. The topological polar surface area (TPSA) is 90.3 Å². The number of likely N-dealkylation sites (N-methyl/N-ethyl adjacent to an activating group) is 1. The number of hydrogen-bond acceptors (Lipinski definition) is 6. The molecule has 1 aliphatic rings. The quantitative estimate of drug-likeness (QED) is 0.637. The molecule has 100 valence electrons. The average molecular weight is 252 g/mol. The molecule has 1 saturated heterocycles. The van der Waals surface area contributed by atoms with Crippen LogP contribution in [0.15, 0.2) is 11.1 Å². The Morgan fingerprint density at radius 1 is 1.44 bits per heavy atom. The van der Waals surface area contributed by atoms with Crippen molar-refractivity contribution in [3.05, 3.63) is 16.7 Å². The van der Waals surface area contributed by atoms with Gasteiger partial charge >= 0.3 is 0 Å². The van der Waals surface area contributed by atoms with E-state index in [1.807, 2.05) is 0 Å². The smallest absolute Gasteiger partial charge is 0.276 e. The summed E-state index contributed by atoms with van der Waals surface area (Å²) in [6.45, 7) is 6.04. The number of nitrogens with zero attached hydrogens (tertiary/aromatic N) is 3. The minimum absolute atomic E-state index is 0.149. The van der Waals surface area contributed by atoms with E-state index >= 15 is 0 Å². The number of nitrogens with one attached hydrogen (secondary N) is 2. The van der Waals surface area contributed by atoms with Gasteiger partial charge < -0.3 is 20.9 Å². The number of nitrogen functional groups attached to an aromatic ring is 1. The zero-order chi connectivity index (χ0) is 13.0. The lowest BCUT2D eigenvalue weighted by atomic mass is 10.3. The zero-order valence-electron chi connectivity index (χ0n) is 10.6. The molecule has 1 aromatic heterocycles. The van der Waals surface area contributed by atoms with E-state index in [4.69, 9.17) is 5.73 Å². The van der Waals surface area contributed by atoms with Crippen LogP contribution in [0.4, 0.5) is 11.5 Å². The molecular weight excluding hydrogens is 232 g/mol. The van der Waals surface area contributed by atoms with Crippen molar-refractivity contribution in [1.82, 2.24) is 19.8 Å². The molecule has 1 fully saturated rings. The van der Waals surface area contributed by atoms with Crippen molar-refractivity contribution in [1.29, 1.82) is 0 Å². The molecule has 0 aliphatic carbocycles. The van der Waals surface area contributed by atoms with Crippen molar-refractivity contribution in [3.8, 4) is 0 Å². The first kappa shape index (κ1) is 12.8. The molecule has 0 spiro atoms. The van der Waals surface area contributed by atoms with Gasteiger partial charge in [-0.15, -0.1) is 0 Å². The van der Waals surface area contributed by atoms with Crippen molar-refractivity contribution in [2.45, 2.75) is 0 Å². The van der Waals surface area contributed by atoms with Crippen molar-refractivity contribution in [2.24, 2.45) is 0 Å². The Labute approximate surface area is 106 Å². The SMILES string of the molecule is CN1CCN(CCNc2nc[nH]c(=O)c2N)CC1. The Hall–Kier alpha value is -1.60. The maximum Gasteiger partial charge on any atom is 0.276 e. The van der Waals surface area contributed by atoms with Gasteiger partial charge in [0.25, 0.3) is 5.56 Å². The van der Waals surface area contributed by atoms with Crippen molar-refractivity contribution in [3.63, 3.8) is 0 Å². The molecule has 18 heavy (non-hydrogen) atoms. The van der Waals surface area contributed by atoms with Gasteiger partial charge in [0, 0.05) is 39.3 Å². The largest absolute Gasteiger partial charge is 0.391 e. The fourth-order valence-electron chi connectivity index (χ4n) is 1.96. The molecule has 7 heteroatoms. The summed E-state index contributed by atoms with van der Waals surface area (Å²) in [6, 6.07) is 0. The molecule has 0 aromatic carbocycles. The van der Waals surface area contributed by atoms with E-state index in [0.29, 0.717) is 5.82 Å². The van der Waals surface area contributed by atoms with Crippen LogP contribution >= 0.6 is 0 Å². The summed E-state index contributed by atoms with van der Waals surface area (Å²) >= 11 is 0. The van der Waals surface area contributed by atoms with Gasteiger partial charge in [0.2, 0.25) is 0 Å². The number of aromatic nitrogens is 2. The monoisotopic (exact) mass is 252 g/mol. The van der Waals surface area contributed by atoms with Gasteiger partial charge in [0.15, 0.2) is 5.82 Å². The van der Waals surface area contributed by atoms with Gasteiger partial charge in [-0.1, -0.05) is 0 Å². The van der Waals surface area contributed by atoms with E-state index in [9.17, 15) is 4.79 Å². The lowest BCUT2D eigenvalue weighted by Gasteiger charge is -2.32. The second-order valence-electron chi connectivity index (χ2n) is 4.57. The fourth-order valence-corrected chi connectivity index (χ4v) is 1.96. The normalized spacial score (nSPS) is 17.8. The van der Waals surface area contributed by atoms with E-state index < -0.39 is 0 Å². The van der Waals surface area contributed by atoms with E-state index in [2.05, 4.69) is 32.1 Å². The molecule has 0 amide bonds. The summed E-state index contributed by atoms with van der Waals surface area (Å²) in [7, 11) is 2.14. The summed E-state index contributed by atoms with van der Waals surface area (Å²) in [5.41, 5.74) is 5.48. The van der Waals surface area contributed by atoms with Crippen molar-refractivity contribution in [2.75, 3.05) is 57.4 Å². The lowest BCUT2D eigenvalue weighted by Crippen LogP contribution is -2.45. The van der Waals surface area contributed by atoms with Gasteiger partial charge in [0.1, 0.15) is 5.69 Å². The van der Waals surface area contributed by atoms with Crippen molar-refractivity contribution >= 4 is 11.5 Å². The van der Waals surface area contributed by atoms with Gasteiger partial charge in [-0.25, -0.2) is 4.98 Å². The highest BCUT2D eigenvalue weighted by molar-refractivity contribution is 5.58. The number of rotatable bonds is 4. The van der Waals surface area contributed by atoms with Crippen LogP contribution in [0.1, 0.15) is 0 Å². The third-order valence-corrected chi connectivity index (χ3v) is 3.21. The molecule has 0 bridgehead atoms. The highest BCUT2D eigenvalue weighted by atomic mass is 16.1. The summed E-state index contributed by atoms with van der Waals surface area (Å²) in [4.78, 5) is 22.4. The van der Waals surface area contributed by atoms with E-state index in [0.717, 1.165) is 39.3 Å². The molecular formula is C11H20N6O. The molecule has 1 aliphatic heterocycles. The van der Waals surface area contributed by atoms with Crippen LogP contribution in [-0.4, -0.2) is 66.1 Å². The van der Waals surface area contributed by atoms with Crippen LogP contribution in [0, 0.1) is 0 Å². The molecule has 0 saturated carbocycles. The number of H-pyrrole nitrogens is 1. The molecule has 7 nitrogen and oxygen atoms in total. The van der Waals surface area contributed by atoms with Crippen LogP contribution in [-0.2, 0) is 0 Å². The zero-order valence-corrected chi connectivity index (χ0v) is 10.6. The summed E-state index contributed by atoms with van der Waals surface area (Å²) in [6.07, 6.45) is 1.36. The molecule has 0 atom stereocenters. The number of nitrogens with two attached hydrogens (primary N) is 1. The Morgan fingerprint density at radius 3 is 2.89 bits per heavy atom. The van der Waals surface area contributed by atoms with Gasteiger partial charge in [-0.2, -0.15) is 0 Å². The molecule has 0 radical (unpaired) electrons. The van der Waals surface area contributed by atoms with Gasteiger partial charge in [0.05, 0.1) is 6.33 Å². The predicted molar refractivity (Wildman–Crippen MR) is 71.7 cm³/mol. The Bertz CT molecular complexity index is 437. The second kappa shape index (κ2) is 5.83. The second-order valence-corrected chi connectivity index (χ2v) is 4.57. The maximum atomic E-state index is 11.3. The average Bonchev–Trinajstić information content (AvgIpc) is 2.37. The van der Waals surface area contributed by atoms with E-state index in [1.165, 1.54) is 6.33 Å². The first-order valence-electron chi connectivity index (χ1n) is 6.15. The third-order valence-electron chi connectivity index (χ3n) is 3.21. The standard InChI is InChI=1S/C11H20N6O/c1-16-4-6-17(7-5-16)3-2-13-10-9(12)11(18)15-8-14-10/h8H,2-7,12H2,1H3,(H2,13,14,15,18). The van der Waals surface area contributed by atoms with Gasteiger partial charge in [-0.3, -0.25) is 9.69 Å². The van der Waals surface area contributed by atoms with E-state index in [-0.39, 0.29) is 11.2 Å². The minimum Gasteiger partial charge on any atom is -0.391 e. The molecule has 1 aromatic rings. The highest BCUT2D eigenvalue weighted by Gasteiger charge is 2.13. The predicted octanol–water partition coefficient (Wildman–Crippen LogP) is -0.989. The Kier molecular flexibility index (Phi) is 4.16. The molecule has 2 rings (SSSR count). The highest BCUT2D eigenvalue weighted by Crippen LogP contribution is 2.06. The minimum atomic E-state index is -0.299. The Balaban J connectivity index is 1.78. The van der Waals surface area contributed by atoms with E-state index in [1.54, 1.807) is 0 Å². The summed E-state index contributed by atoms with van der Waals surface area (Å²) in [5.74, 6) is 0.466. The molecule has 0 unspecified atom stereocenters. The van der Waals surface area contributed by atoms with Crippen LogP contribution in [0.5, 0.6) is 0 Å². The number of anilines is 2. The van der Waals surface area contributed by atoms with Crippen LogP contribution in [0.3, 0.4) is 0 Å². The van der Waals surface area contributed by atoms with Crippen LogP contribution < -0.4 is 16.6 Å². The fraction of sp³-hybridized carbons (Fsp3) is 0.636. The van der Waals surface area contributed by atoms with Crippen LogP contribution in [0.2, 0.25) is 0 Å². The number of piperazine rings is 1. The number of aromatic amines is 1. The maximum absolute atomic E-state index is 11.3. The summed E-state index contributed by atoms with van der Waals surface area (Å²) < 4.78 is 0. The first-order valence-corrected chi connectivity index (χ1v) is 6.15.